The molecule has 1 fully saturated rings. The number of nitrogens with zero attached hydrogens (tertiary/aromatic N) is 3. The van der Waals surface area contributed by atoms with Crippen molar-refractivity contribution in [2.24, 2.45) is 0 Å². The van der Waals surface area contributed by atoms with Gasteiger partial charge in [-0.15, -0.1) is 11.8 Å². The standard InChI is InChI=1S/C21H19N3O3S/c1-23-19(25)13-28-21(23)16-12-24(15-5-3-2-4-6-15)22-20(16)14-7-8-17-18(11-14)27-10-9-26-17/h2-8,11-12,21H,9-10,13H2,1H3/t21-/m1/s1. The van der Waals surface area contributed by atoms with Gasteiger partial charge >= 0.3 is 0 Å². The van der Waals surface area contributed by atoms with Crippen LogP contribution in [0.2, 0.25) is 0 Å². The predicted molar refractivity (Wildman–Crippen MR) is 108 cm³/mol. The number of thioether (sulfide) groups is 1. The van der Waals surface area contributed by atoms with E-state index in [0.29, 0.717) is 19.0 Å². The lowest BCUT2D eigenvalue weighted by Gasteiger charge is -2.20. The molecule has 0 saturated carbocycles. The third kappa shape index (κ3) is 2.92. The van der Waals surface area contributed by atoms with Crippen molar-refractivity contribution in [2.45, 2.75) is 5.37 Å². The third-order valence-corrected chi connectivity index (χ3v) is 6.25. The molecule has 1 saturated heterocycles. The van der Waals surface area contributed by atoms with Crippen molar-refractivity contribution in [3.63, 3.8) is 0 Å². The van der Waals surface area contributed by atoms with Crippen molar-refractivity contribution in [1.82, 2.24) is 14.7 Å². The summed E-state index contributed by atoms with van der Waals surface area (Å²) in [6, 6.07) is 15.9. The molecule has 1 atom stereocenters. The first-order valence-corrected chi connectivity index (χ1v) is 10.2. The van der Waals surface area contributed by atoms with Gasteiger partial charge in [0.05, 0.1) is 17.1 Å². The number of hydrogen-bond donors (Lipinski definition) is 0. The van der Waals surface area contributed by atoms with Gasteiger partial charge < -0.3 is 14.4 Å². The molecule has 3 aromatic rings. The molecule has 5 rings (SSSR count). The number of para-hydroxylation sites is 1. The molecule has 7 heteroatoms. The van der Waals surface area contributed by atoms with Gasteiger partial charge in [-0.25, -0.2) is 4.68 Å². The molecule has 2 aliphatic rings. The molecule has 1 amide bonds. The summed E-state index contributed by atoms with van der Waals surface area (Å²) >= 11 is 1.62. The average molecular weight is 393 g/mol. The van der Waals surface area contributed by atoms with Gasteiger partial charge in [0.25, 0.3) is 0 Å². The van der Waals surface area contributed by atoms with Gasteiger partial charge in [-0.05, 0) is 30.3 Å². The van der Waals surface area contributed by atoms with Gasteiger partial charge in [0.2, 0.25) is 5.91 Å². The Kier molecular flexibility index (Phi) is 4.24. The Labute approximate surface area is 167 Å². The van der Waals surface area contributed by atoms with Crippen LogP contribution < -0.4 is 9.47 Å². The van der Waals surface area contributed by atoms with Crippen LogP contribution in [-0.4, -0.2) is 46.6 Å². The van der Waals surface area contributed by atoms with Crippen molar-refractivity contribution in [1.29, 1.82) is 0 Å². The van der Waals surface area contributed by atoms with Crippen molar-refractivity contribution in [2.75, 3.05) is 26.0 Å². The molecule has 2 aliphatic heterocycles. The van der Waals surface area contributed by atoms with Crippen LogP contribution in [0.4, 0.5) is 0 Å². The molecule has 0 radical (unpaired) electrons. The van der Waals surface area contributed by atoms with Crippen molar-refractivity contribution >= 4 is 17.7 Å². The highest BCUT2D eigenvalue weighted by atomic mass is 32.2. The molecular formula is C21H19N3O3S. The SMILES string of the molecule is CN1C(=O)CS[C@@H]1c1cn(-c2ccccc2)nc1-c1ccc2c(c1)OCCO2. The summed E-state index contributed by atoms with van der Waals surface area (Å²) in [6.07, 6.45) is 2.02. The van der Waals surface area contributed by atoms with Crippen LogP contribution in [0.15, 0.2) is 54.7 Å². The van der Waals surface area contributed by atoms with Crippen molar-refractivity contribution in [3.05, 3.63) is 60.3 Å². The van der Waals surface area contributed by atoms with Crippen molar-refractivity contribution < 1.29 is 14.3 Å². The molecule has 3 heterocycles. The van der Waals surface area contributed by atoms with Crippen molar-refractivity contribution in [3.8, 4) is 28.4 Å². The Balaban J connectivity index is 1.63. The van der Waals surface area contributed by atoms with Crippen LogP contribution in [0.25, 0.3) is 16.9 Å². The smallest absolute Gasteiger partial charge is 0.233 e. The molecular weight excluding hydrogens is 374 g/mol. The monoisotopic (exact) mass is 393 g/mol. The highest BCUT2D eigenvalue weighted by Gasteiger charge is 2.33. The lowest BCUT2D eigenvalue weighted by atomic mass is 10.1. The van der Waals surface area contributed by atoms with E-state index in [2.05, 4.69) is 0 Å². The number of hydrogen-bond acceptors (Lipinski definition) is 5. The summed E-state index contributed by atoms with van der Waals surface area (Å²) < 4.78 is 13.3. The minimum atomic E-state index is -0.0619. The van der Waals surface area contributed by atoms with Gasteiger partial charge in [0.1, 0.15) is 18.6 Å². The molecule has 6 nitrogen and oxygen atoms in total. The van der Waals surface area contributed by atoms with Gasteiger partial charge in [0, 0.05) is 24.4 Å². The summed E-state index contributed by atoms with van der Waals surface area (Å²) in [7, 11) is 1.85. The first kappa shape index (κ1) is 17.2. The molecule has 0 spiro atoms. The fourth-order valence-corrected chi connectivity index (χ4v) is 4.69. The molecule has 0 bridgehead atoms. The van der Waals surface area contributed by atoms with Crippen LogP contribution >= 0.6 is 11.8 Å². The van der Waals surface area contributed by atoms with E-state index in [1.165, 1.54) is 0 Å². The quantitative estimate of drug-likeness (QED) is 0.682. The van der Waals surface area contributed by atoms with E-state index in [-0.39, 0.29) is 11.3 Å². The maximum atomic E-state index is 12.1. The Bertz CT molecular complexity index is 1030. The number of rotatable bonds is 3. The second-order valence-corrected chi connectivity index (χ2v) is 7.81. The third-order valence-electron chi connectivity index (χ3n) is 4.95. The molecule has 142 valence electrons. The summed E-state index contributed by atoms with van der Waals surface area (Å²) in [4.78, 5) is 13.9. The number of ether oxygens (including phenoxy) is 2. The maximum Gasteiger partial charge on any atom is 0.233 e. The average Bonchev–Trinajstić information content (AvgIpc) is 3.32. The Hall–Kier alpha value is -2.93. The molecule has 0 N–H and O–H groups in total. The molecule has 0 aliphatic carbocycles. The summed E-state index contributed by atoms with van der Waals surface area (Å²) in [6.45, 7) is 1.10. The number of carbonyl (C=O) groups excluding carboxylic acids is 1. The van der Waals surface area contributed by atoms with Gasteiger partial charge in [0.15, 0.2) is 11.5 Å². The normalized spacial score (nSPS) is 18.5. The molecule has 2 aromatic carbocycles. The maximum absolute atomic E-state index is 12.1. The number of fused-ring (bicyclic) bond motifs is 1. The summed E-state index contributed by atoms with van der Waals surface area (Å²) in [5.41, 5.74) is 3.78. The minimum absolute atomic E-state index is 0.0619. The zero-order chi connectivity index (χ0) is 19.1. The summed E-state index contributed by atoms with van der Waals surface area (Å²) in [5, 5.41) is 4.81. The minimum Gasteiger partial charge on any atom is -0.486 e. The fraction of sp³-hybridized carbons (Fsp3) is 0.238. The van der Waals surface area contributed by atoms with Crippen LogP contribution in [-0.2, 0) is 4.79 Å². The fourth-order valence-electron chi connectivity index (χ4n) is 3.49. The number of carbonyl (C=O) groups is 1. The van der Waals surface area contributed by atoms with Crippen LogP contribution in [0.3, 0.4) is 0 Å². The Morgan fingerprint density at radius 3 is 2.61 bits per heavy atom. The highest BCUT2D eigenvalue weighted by molar-refractivity contribution is 8.00. The van der Waals surface area contributed by atoms with E-state index in [1.54, 1.807) is 16.7 Å². The number of aromatic nitrogens is 2. The van der Waals surface area contributed by atoms with E-state index in [0.717, 1.165) is 34.0 Å². The van der Waals surface area contributed by atoms with Gasteiger partial charge in [-0.2, -0.15) is 5.10 Å². The van der Waals surface area contributed by atoms with Gasteiger partial charge in [-0.3, -0.25) is 4.79 Å². The van der Waals surface area contributed by atoms with Crippen LogP contribution in [0, 0.1) is 0 Å². The highest BCUT2D eigenvalue weighted by Crippen LogP contribution is 2.43. The molecule has 28 heavy (non-hydrogen) atoms. The number of benzene rings is 2. The van der Waals surface area contributed by atoms with E-state index in [1.807, 2.05) is 66.5 Å². The predicted octanol–water partition coefficient (Wildman–Crippen LogP) is 3.51. The first-order valence-electron chi connectivity index (χ1n) is 9.13. The zero-order valence-corrected chi connectivity index (χ0v) is 16.2. The van der Waals surface area contributed by atoms with E-state index < -0.39 is 0 Å². The second-order valence-electron chi connectivity index (χ2n) is 6.74. The second kappa shape index (κ2) is 6.91. The Morgan fingerprint density at radius 1 is 1.07 bits per heavy atom. The van der Waals surface area contributed by atoms with E-state index in [4.69, 9.17) is 14.6 Å². The Morgan fingerprint density at radius 2 is 1.86 bits per heavy atom. The van der Waals surface area contributed by atoms with Gasteiger partial charge in [-0.1, -0.05) is 18.2 Å². The van der Waals surface area contributed by atoms with Crippen LogP contribution in [0.5, 0.6) is 11.5 Å². The molecule has 1 aromatic heterocycles. The van der Waals surface area contributed by atoms with E-state index in [9.17, 15) is 4.79 Å². The number of amides is 1. The van der Waals surface area contributed by atoms with Crippen LogP contribution in [0.1, 0.15) is 10.9 Å². The topological polar surface area (TPSA) is 56.6 Å². The molecule has 0 unspecified atom stereocenters. The largest absolute Gasteiger partial charge is 0.486 e. The summed E-state index contributed by atoms with van der Waals surface area (Å²) in [5.74, 6) is 2.10. The lowest BCUT2D eigenvalue weighted by molar-refractivity contribution is -0.126. The first-order chi connectivity index (χ1) is 13.7. The van der Waals surface area contributed by atoms with E-state index >= 15 is 0 Å². The lowest BCUT2D eigenvalue weighted by Crippen LogP contribution is -2.23. The zero-order valence-electron chi connectivity index (χ0n) is 15.4.